The Balaban J connectivity index is 2.43. The molecule has 1 aliphatic rings. The molecule has 16 heavy (non-hydrogen) atoms. The van der Waals surface area contributed by atoms with Gasteiger partial charge in [0.15, 0.2) is 0 Å². The van der Waals surface area contributed by atoms with Gasteiger partial charge >= 0.3 is 0 Å². The van der Waals surface area contributed by atoms with Gasteiger partial charge in [-0.1, -0.05) is 20.3 Å². The Morgan fingerprint density at radius 3 is 2.88 bits per heavy atom. The van der Waals surface area contributed by atoms with Crippen LogP contribution >= 0.6 is 11.8 Å². The fourth-order valence-electron chi connectivity index (χ4n) is 2.04. The molecule has 0 saturated heterocycles. The van der Waals surface area contributed by atoms with Gasteiger partial charge < -0.3 is 5.32 Å². The van der Waals surface area contributed by atoms with E-state index in [0.29, 0.717) is 11.3 Å². The summed E-state index contributed by atoms with van der Waals surface area (Å²) in [7, 11) is 0. The maximum Gasteiger partial charge on any atom is 0.205 e. The van der Waals surface area contributed by atoms with E-state index in [-0.39, 0.29) is 0 Å². The standard InChI is InChI=1S/C11H24N4S/c1-3-8-13-11(15-12)14-9-6-5-7-10(9)16-4-2/h9-10H,3-8,12H2,1-2H3,(H2,13,14,15). The minimum atomic E-state index is 0.525. The first-order valence-electron chi connectivity index (χ1n) is 6.21. The summed E-state index contributed by atoms with van der Waals surface area (Å²) in [5.74, 6) is 7.39. The lowest BCUT2D eigenvalue weighted by atomic mass is 10.2. The number of guanidine groups is 1. The first-order valence-corrected chi connectivity index (χ1v) is 7.25. The Morgan fingerprint density at radius 1 is 1.44 bits per heavy atom. The van der Waals surface area contributed by atoms with Crippen LogP contribution in [-0.4, -0.2) is 29.5 Å². The second-order valence-electron chi connectivity index (χ2n) is 4.05. The maximum atomic E-state index is 5.46. The molecule has 0 aromatic rings. The average Bonchev–Trinajstić information content (AvgIpc) is 2.72. The summed E-state index contributed by atoms with van der Waals surface area (Å²) in [4.78, 5) is 4.38. The van der Waals surface area contributed by atoms with Crippen LogP contribution in [0.15, 0.2) is 4.99 Å². The number of rotatable bonds is 5. The minimum absolute atomic E-state index is 0.525. The van der Waals surface area contributed by atoms with E-state index in [1.807, 2.05) is 11.8 Å². The van der Waals surface area contributed by atoms with Crippen molar-refractivity contribution in [3.8, 4) is 0 Å². The number of hydrogen-bond donors (Lipinski definition) is 3. The van der Waals surface area contributed by atoms with Gasteiger partial charge in [0.1, 0.15) is 0 Å². The molecule has 0 aromatic heterocycles. The predicted octanol–water partition coefficient (Wildman–Crippen LogP) is 1.48. The Hall–Kier alpha value is -0.420. The van der Waals surface area contributed by atoms with Gasteiger partial charge in [0, 0.05) is 17.8 Å². The summed E-state index contributed by atoms with van der Waals surface area (Å²) in [6.07, 6.45) is 4.89. The molecule has 2 unspecified atom stereocenters. The molecule has 4 N–H and O–H groups in total. The highest BCUT2D eigenvalue weighted by atomic mass is 32.2. The molecule has 4 nitrogen and oxygen atoms in total. The van der Waals surface area contributed by atoms with E-state index in [2.05, 4.69) is 29.6 Å². The van der Waals surface area contributed by atoms with Crippen molar-refractivity contribution in [2.24, 2.45) is 10.8 Å². The van der Waals surface area contributed by atoms with Gasteiger partial charge in [-0.05, 0) is 25.0 Å². The normalized spacial score (nSPS) is 25.8. The molecular weight excluding hydrogens is 220 g/mol. The van der Waals surface area contributed by atoms with Crippen molar-refractivity contribution in [3.05, 3.63) is 0 Å². The second kappa shape index (κ2) is 7.79. The fraction of sp³-hybridized carbons (Fsp3) is 0.909. The predicted molar refractivity (Wildman–Crippen MR) is 72.6 cm³/mol. The van der Waals surface area contributed by atoms with Crippen LogP contribution in [0.25, 0.3) is 0 Å². The quantitative estimate of drug-likeness (QED) is 0.297. The van der Waals surface area contributed by atoms with Crippen LogP contribution in [0.4, 0.5) is 0 Å². The van der Waals surface area contributed by atoms with Crippen molar-refractivity contribution in [1.29, 1.82) is 0 Å². The van der Waals surface area contributed by atoms with E-state index in [1.165, 1.54) is 25.0 Å². The molecule has 0 aliphatic heterocycles. The van der Waals surface area contributed by atoms with Crippen LogP contribution in [0, 0.1) is 0 Å². The van der Waals surface area contributed by atoms with Gasteiger partial charge in [-0.2, -0.15) is 11.8 Å². The van der Waals surface area contributed by atoms with Gasteiger partial charge in [-0.15, -0.1) is 0 Å². The van der Waals surface area contributed by atoms with Crippen molar-refractivity contribution in [1.82, 2.24) is 10.7 Å². The zero-order chi connectivity index (χ0) is 11.8. The fourth-order valence-corrected chi connectivity index (χ4v) is 3.23. The molecule has 1 saturated carbocycles. The summed E-state index contributed by atoms with van der Waals surface area (Å²) < 4.78 is 0. The lowest BCUT2D eigenvalue weighted by molar-refractivity contribution is 0.623. The number of thioether (sulfide) groups is 1. The number of nitrogens with two attached hydrogens (primary N) is 1. The molecular formula is C11H24N4S. The number of hydrogen-bond acceptors (Lipinski definition) is 3. The van der Waals surface area contributed by atoms with E-state index in [0.717, 1.165) is 18.9 Å². The summed E-state index contributed by atoms with van der Waals surface area (Å²) >= 11 is 2.04. The largest absolute Gasteiger partial charge is 0.351 e. The first-order chi connectivity index (χ1) is 7.81. The maximum absolute atomic E-state index is 5.46. The molecule has 0 aromatic carbocycles. The Labute approximate surface area is 103 Å². The van der Waals surface area contributed by atoms with Gasteiger partial charge in [0.05, 0.1) is 0 Å². The lowest BCUT2D eigenvalue weighted by Crippen LogP contribution is -2.48. The zero-order valence-electron chi connectivity index (χ0n) is 10.3. The van der Waals surface area contributed by atoms with Crippen molar-refractivity contribution in [2.45, 2.75) is 50.8 Å². The second-order valence-corrected chi connectivity index (χ2v) is 5.57. The van der Waals surface area contributed by atoms with Crippen LogP contribution in [0.2, 0.25) is 0 Å². The average molecular weight is 244 g/mol. The van der Waals surface area contributed by atoms with Crippen molar-refractivity contribution in [3.63, 3.8) is 0 Å². The third kappa shape index (κ3) is 4.22. The number of aliphatic imine (C=N–C) groups is 1. The van der Waals surface area contributed by atoms with Crippen LogP contribution in [0.5, 0.6) is 0 Å². The molecule has 1 aliphatic carbocycles. The molecule has 1 rings (SSSR count). The smallest absolute Gasteiger partial charge is 0.205 e. The Kier molecular flexibility index (Phi) is 6.64. The van der Waals surface area contributed by atoms with Crippen LogP contribution in [-0.2, 0) is 0 Å². The van der Waals surface area contributed by atoms with Crippen molar-refractivity contribution >= 4 is 17.7 Å². The molecule has 1 fully saturated rings. The van der Waals surface area contributed by atoms with E-state index < -0.39 is 0 Å². The molecule has 5 heteroatoms. The van der Waals surface area contributed by atoms with Crippen LogP contribution in [0.1, 0.15) is 39.5 Å². The van der Waals surface area contributed by atoms with E-state index in [9.17, 15) is 0 Å². The SMILES string of the molecule is CCCN=C(NN)NC1CCCC1SCC. The highest BCUT2D eigenvalue weighted by molar-refractivity contribution is 7.99. The zero-order valence-corrected chi connectivity index (χ0v) is 11.1. The van der Waals surface area contributed by atoms with Crippen molar-refractivity contribution in [2.75, 3.05) is 12.3 Å². The first kappa shape index (κ1) is 13.6. The van der Waals surface area contributed by atoms with Gasteiger partial charge in [0.25, 0.3) is 0 Å². The van der Waals surface area contributed by atoms with Gasteiger partial charge in [0.2, 0.25) is 5.96 Å². The topological polar surface area (TPSA) is 62.4 Å². The molecule has 0 radical (unpaired) electrons. The summed E-state index contributed by atoms with van der Waals surface area (Å²) in [5.41, 5.74) is 2.66. The molecule has 2 atom stereocenters. The lowest BCUT2D eigenvalue weighted by Gasteiger charge is -2.21. The monoisotopic (exact) mass is 244 g/mol. The van der Waals surface area contributed by atoms with E-state index in [1.54, 1.807) is 0 Å². The third-order valence-corrected chi connectivity index (χ3v) is 4.11. The van der Waals surface area contributed by atoms with E-state index in [4.69, 9.17) is 5.84 Å². The molecule has 94 valence electrons. The number of hydrazine groups is 1. The molecule has 0 heterocycles. The Bertz CT molecular complexity index is 220. The van der Waals surface area contributed by atoms with E-state index >= 15 is 0 Å². The molecule has 0 bridgehead atoms. The van der Waals surface area contributed by atoms with Gasteiger partial charge in [-0.25, -0.2) is 5.84 Å². The minimum Gasteiger partial charge on any atom is -0.351 e. The highest BCUT2D eigenvalue weighted by Gasteiger charge is 2.27. The molecule has 0 amide bonds. The summed E-state index contributed by atoms with van der Waals surface area (Å²) in [6, 6.07) is 0.525. The van der Waals surface area contributed by atoms with Crippen LogP contribution < -0.4 is 16.6 Å². The van der Waals surface area contributed by atoms with Crippen LogP contribution in [0.3, 0.4) is 0 Å². The Morgan fingerprint density at radius 2 is 2.25 bits per heavy atom. The number of nitrogens with zero attached hydrogens (tertiary/aromatic N) is 1. The summed E-state index contributed by atoms with van der Waals surface area (Å²) in [6.45, 7) is 5.15. The van der Waals surface area contributed by atoms with Gasteiger partial charge in [-0.3, -0.25) is 10.4 Å². The van der Waals surface area contributed by atoms with Crippen molar-refractivity contribution < 1.29 is 0 Å². The number of nitrogens with one attached hydrogen (secondary N) is 2. The summed E-state index contributed by atoms with van der Waals surface area (Å²) in [5, 5.41) is 4.14. The highest BCUT2D eigenvalue weighted by Crippen LogP contribution is 2.29. The molecule has 0 spiro atoms. The third-order valence-electron chi connectivity index (χ3n) is 2.79.